The van der Waals surface area contributed by atoms with Crippen LogP contribution in [0.3, 0.4) is 0 Å². The number of ether oxygens (including phenoxy) is 1. The molecule has 0 saturated carbocycles. The number of carbonyl (C=O) groups is 2. The van der Waals surface area contributed by atoms with Crippen molar-refractivity contribution in [3.05, 3.63) is 84.0 Å². The highest BCUT2D eigenvalue weighted by Gasteiger charge is 2.45. The first-order valence-corrected chi connectivity index (χ1v) is 11.4. The van der Waals surface area contributed by atoms with E-state index in [0.29, 0.717) is 24.5 Å². The molecule has 1 aliphatic heterocycles. The van der Waals surface area contributed by atoms with Gasteiger partial charge in [-0.05, 0) is 43.8 Å². The van der Waals surface area contributed by atoms with Crippen molar-refractivity contribution in [1.29, 1.82) is 0 Å². The van der Waals surface area contributed by atoms with Crippen molar-refractivity contribution in [1.82, 2.24) is 9.80 Å². The Kier molecular flexibility index (Phi) is 8.44. The molecule has 2 aromatic carbocycles. The third-order valence-electron chi connectivity index (χ3n) is 5.90. The van der Waals surface area contributed by atoms with Crippen LogP contribution in [-0.4, -0.2) is 59.4 Å². The number of aliphatic hydroxyl groups excluding tert-OH is 1. The Balaban J connectivity index is 2.02. The van der Waals surface area contributed by atoms with E-state index >= 15 is 0 Å². The van der Waals surface area contributed by atoms with Gasteiger partial charge in [0.2, 0.25) is 0 Å². The van der Waals surface area contributed by atoms with Gasteiger partial charge in [-0.25, -0.2) is 0 Å². The van der Waals surface area contributed by atoms with Crippen molar-refractivity contribution in [2.24, 2.45) is 0 Å². The van der Waals surface area contributed by atoms with Gasteiger partial charge in [0.15, 0.2) is 0 Å². The summed E-state index contributed by atoms with van der Waals surface area (Å²) in [7, 11) is 0. The monoisotopic (exact) mass is 448 g/mol. The molecule has 1 atom stereocenters. The van der Waals surface area contributed by atoms with Crippen molar-refractivity contribution in [3.63, 3.8) is 0 Å². The summed E-state index contributed by atoms with van der Waals surface area (Å²) >= 11 is 0. The van der Waals surface area contributed by atoms with Gasteiger partial charge in [0.05, 0.1) is 11.6 Å². The number of amides is 1. The second-order valence-corrected chi connectivity index (χ2v) is 7.91. The molecular formula is C27H32N2O4. The lowest BCUT2D eigenvalue weighted by Gasteiger charge is -2.27. The van der Waals surface area contributed by atoms with E-state index in [-0.39, 0.29) is 11.3 Å². The van der Waals surface area contributed by atoms with Crippen LogP contribution in [0.15, 0.2) is 72.8 Å². The molecule has 0 aliphatic carbocycles. The van der Waals surface area contributed by atoms with Gasteiger partial charge in [-0.2, -0.15) is 0 Å². The van der Waals surface area contributed by atoms with E-state index in [4.69, 9.17) is 4.74 Å². The highest BCUT2D eigenvalue weighted by Crippen LogP contribution is 2.40. The Morgan fingerprint density at radius 3 is 2.52 bits per heavy atom. The van der Waals surface area contributed by atoms with Crippen molar-refractivity contribution in [2.75, 3.05) is 32.8 Å². The average Bonchev–Trinajstić information content (AvgIpc) is 3.10. The summed E-state index contributed by atoms with van der Waals surface area (Å²) in [4.78, 5) is 30.0. The Morgan fingerprint density at radius 2 is 1.85 bits per heavy atom. The number of aliphatic hydroxyl groups is 1. The van der Waals surface area contributed by atoms with Crippen LogP contribution < -0.4 is 4.74 Å². The van der Waals surface area contributed by atoms with Crippen LogP contribution in [0.25, 0.3) is 5.76 Å². The number of carbonyl (C=O) groups excluding carboxylic acids is 2. The number of rotatable bonds is 11. The van der Waals surface area contributed by atoms with Crippen LogP contribution in [0, 0.1) is 0 Å². The van der Waals surface area contributed by atoms with E-state index in [1.807, 2.05) is 30.3 Å². The number of ketones is 1. The van der Waals surface area contributed by atoms with Crippen LogP contribution in [-0.2, 0) is 9.59 Å². The van der Waals surface area contributed by atoms with Crippen molar-refractivity contribution in [3.8, 4) is 5.75 Å². The van der Waals surface area contributed by atoms with Gasteiger partial charge in [-0.3, -0.25) is 9.59 Å². The topological polar surface area (TPSA) is 70.1 Å². The summed E-state index contributed by atoms with van der Waals surface area (Å²) < 4.78 is 5.67. The van der Waals surface area contributed by atoms with Crippen LogP contribution in [0.5, 0.6) is 5.75 Å². The van der Waals surface area contributed by atoms with Gasteiger partial charge >= 0.3 is 0 Å². The summed E-state index contributed by atoms with van der Waals surface area (Å²) in [6, 6.07) is 15.5. The first kappa shape index (κ1) is 24.3. The minimum Gasteiger partial charge on any atom is -0.507 e. The smallest absolute Gasteiger partial charge is 0.295 e. The second-order valence-electron chi connectivity index (χ2n) is 7.91. The molecule has 33 heavy (non-hydrogen) atoms. The fourth-order valence-electron chi connectivity index (χ4n) is 4.14. The number of nitrogens with zero attached hydrogens (tertiary/aromatic N) is 2. The quantitative estimate of drug-likeness (QED) is 0.239. The van der Waals surface area contributed by atoms with Crippen LogP contribution in [0.1, 0.15) is 37.4 Å². The highest BCUT2D eigenvalue weighted by atomic mass is 16.5. The molecule has 6 heteroatoms. The second kappa shape index (κ2) is 11.5. The van der Waals surface area contributed by atoms with Gasteiger partial charge in [-0.1, -0.05) is 69.0 Å². The van der Waals surface area contributed by atoms with E-state index in [1.54, 1.807) is 35.2 Å². The van der Waals surface area contributed by atoms with Crippen LogP contribution >= 0.6 is 0 Å². The summed E-state index contributed by atoms with van der Waals surface area (Å²) in [6.45, 7) is 11.3. The fourth-order valence-corrected chi connectivity index (χ4v) is 4.14. The molecular weight excluding hydrogens is 416 g/mol. The minimum absolute atomic E-state index is 0.106. The van der Waals surface area contributed by atoms with Crippen LogP contribution in [0.2, 0.25) is 0 Å². The third kappa shape index (κ3) is 5.52. The maximum absolute atomic E-state index is 13.1. The zero-order chi connectivity index (χ0) is 23.8. The SMILES string of the molecule is C=CCOc1cccc([C@H]2C(=C(O)c3ccccc3)C(=O)C(=O)N2CCCN(CC)CC)c1. The van der Waals surface area contributed by atoms with Gasteiger partial charge in [0, 0.05) is 12.1 Å². The number of Topliss-reactive ketones (excluding diaryl/α,β-unsaturated/α-hetero) is 1. The molecule has 0 aromatic heterocycles. The third-order valence-corrected chi connectivity index (χ3v) is 5.90. The molecule has 0 spiro atoms. The summed E-state index contributed by atoms with van der Waals surface area (Å²) in [5.74, 6) is -0.806. The predicted molar refractivity (Wildman–Crippen MR) is 130 cm³/mol. The Labute approximate surface area is 195 Å². The van der Waals surface area contributed by atoms with Crippen LogP contribution in [0.4, 0.5) is 0 Å². The van der Waals surface area contributed by atoms with Crippen molar-refractivity contribution >= 4 is 17.4 Å². The fraction of sp³-hybridized carbons (Fsp3) is 0.333. The Hall–Kier alpha value is -3.38. The maximum Gasteiger partial charge on any atom is 0.295 e. The highest BCUT2D eigenvalue weighted by molar-refractivity contribution is 6.46. The molecule has 174 valence electrons. The molecule has 0 unspecified atom stereocenters. The number of hydrogen-bond donors (Lipinski definition) is 1. The lowest BCUT2D eigenvalue weighted by molar-refractivity contribution is -0.140. The molecule has 1 aliphatic rings. The molecule has 3 rings (SSSR count). The number of likely N-dealkylation sites (tertiary alicyclic amines) is 1. The molecule has 1 saturated heterocycles. The summed E-state index contributed by atoms with van der Waals surface area (Å²) in [5, 5.41) is 11.1. The van der Waals surface area contributed by atoms with E-state index in [0.717, 1.165) is 31.6 Å². The lowest BCUT2D eigenvalue weighted by Crippen LogP contribution is -2.33. The van der Waals surface area contributed by atoms with Gasteiger partial charge < -0.3 is 19.6 Å². The average molecular weight is 449 g/mol. The first-order valence-electron chi connectivity index (χ1n) is 11.4. The molecule has 2 aromatic rings. The molecule has 1 fully saturated rings. The standard InChI is InChI=1S/C27H32N2O4/c1-4-18-33-22-15-10-14-21(19-22)24-23(25(30)20-12-8-7-9-13-20)26(31)27(32)29(24)17-11-16-28(5-2)6-3/h4,7-10,12-15,19,24,30H,1,5-6,11,16-18H2,2-3H3/t24-/m0/s1. The van der Waals surface area contributed by atoms with Crippen molar-refractivity contribution in [2.45, 2.75) is 26.3 Å². The molecule has 1 heterocycles. The molecule has 0 radical (unpaired) electrons. The maximum atomic E-state index is 13.1. The zero-order valence-electron chi connectivity index (χ0n) is 19.4. The van der Waals surface area contributed by atoms with Gasteiger partial charge in [-0.15, -0.1) is 0 Å². The minimum atomic E-state index is -0.686. The Bertz CT molecular complexity index is 1010. The first-order chi connectivity index (χ1) is 16.0. The van der Waals surface area contributed by atoms with E-state index in [9.17, 15) is 14.7 Å². The van der Waals surface area contributed by atoms with Crippen molar-refractivity contribution < 1.29 is 19.4 Å². The molecule has 6 nitrogen and oxygen atoms in total. The van der Waals surface area contributed by atoms with Gasteiger partial charge in [0.25, 0.3) is 11.7 Å². The number of benzene rings is 2. The van der Waals surface area contributed by atoms with E-state index in [1.165, 1.54) is 0 Å². The number of hydrogen-bond acceptors (Lipinski definition) is 5. The zero-order valence-corrected chi connectivity index (χ0v) is 19.4. The Morgan fingerprint density at radius 1 is 1.12 bits per heavy atom. The normalized spacial score (nSPS) is 17.5. The largest absolute Gasteiger partial charge is 0.507 e. The molecule has 0 bridgehead atoms. The molecule has 1 N–H and O–H groups in total. The van der Waals surface area contributed by atoms with E-state index < -0.39 is 17.7 Å². The summed E-state index contributed by atoms with van der Waals surface area (Å²) in [5.41, 5.74) is 1.33. The molecule has 1 amide bonds. The lowest BCUT2D eigenvalue weighted by atomic mass is 9.95. The van der Waals surface area contributed by atoms with Gasteiger partial charge in [0.1, 0.15) is 18.1 Å². The predicted octanol–water partition coefficient (Wildman–Crippen LogP) is 4.41. The van der Waals surface area contributed by atoms with E-state index in [2.05, 4.69) is 25.3 Å². The summed E-state index contributed by atoms with van der Waals surface area (Å²) in [6.07, 6.45) is 2.38.